The van der Waals surface area contributed by atoms with Gasteiger partial charge in [-0.05, 0) is 71.9 Å². The summed E-state index contributed by atoms with van der Waals surface area (Å²) >= 11 is 0. The van der Waals surface area contributed by atoms with Crippen molar-refractivity contribution in [2.24, 2.45) is 0 Å². The van der Waals surface area contributed by atoms with Crippen molar-refractivity contribution in [3.63, 3.8) is 0 Å². The van der Waals surface area contributed by atoms with Crippen molar-refractivity contribution in [2.45, 2.75) is 19.3 Å². The van der Waals surface area contributed by atoms with Gasteiger partial charge in [-0.15, -0.1) is 0 Å². The molecule has 0 aliphatic heterocycles. The third-order valence-electron chi connectivity index (χ3n) is 5.81. The lowest BCUT2D eigenvalue weighted by Gasteiger charge is -2.14. The zero-order valence-corrected chi connectivity index (χ0v) is 21.8. The summed E-state index contributed by atoms with van der Waals surface area (Å²) in [6.45, 7) is 0.616. The second-order valence-electron chi connectivity index (χ2n) is 8.19. The van der Waals surface area contributed by atoms with Gasteiger partial charge in [0, 0.05) is 25.0 Å². The molecule has 194 valence electrons. The highest BCUT2D eigenvalue weighted by molar-refractivity contribution is 5.89. The largest absolute Gasteiger partial charge is 0.493 e. The van der Waals surface area contributed by atoms with Crippen LogP contribution in [0.2, 0.25) is 0 Å². The van der Waals surface area contributed by atoms with Crippen LogP contribution in [-0.4, -0.2) is 45.9 Å². The van der Waals surface area contributed by atoms with Crippen molar-refractivity contribution in [1.82, 2.24) is 10.3 Å². The first-order valence-corrected chi connectivity index (χ1v) is 12.1. The highest BCUT2D eigenvalue weighted by atomic mass is 16.5. The van der Waals surface area contributed by atoms with Crippen molar-refractivity contribution in [2.75, 3.05) is 35.0 Å². The quantitative estimate of drug-likeness (QED) is 0.196. The molecule has 0 spiro atoms. The van der Waals surface area contributed by atoms with Crippen molar-refractivity contribution in [3.8, 4) is 23.0 Å². The Kier molecular flexibility index (Phi) is 10.6. The molecule has 1 amide bonds. The molecule has 1 N–H and O–H groups in total. The zero-order chi connectivity index (χ0) is 26.5. The van der Waals surface area contributed by atoms with Gasteiger partial charge in [-0.1, -0.05) is 30.4 Å². The van der Waals surface area contributed by atoms with Crippen LogP contribution < -0.4 is 24.3 Å². The summed E-state index contributed by atoms with van der Waals surface area (Å²) in [6.07, 6.45) is 11.6. The number of rotatable bonds is 13. The summed E-state index contributed by atoms with van der Waals surface area (Å²) in [7, 11) is 6.40. The van der Waals surface area contributed by atoms with Crippen LogP contribution in [0.5, 0.6) is 23.0 Å². The van der Waals surface area contributed by atoms with Gasteiger partial charge in [0.05, 0.1) is 28.4 Å². The monoisotopic (exact) mass is 502 g/mol. The number of nitrogens with zero attached hydrogens (tertiary/aromatic N) is 1. The van der Waals surface area contributed by atoms with Crippen LogP contribution in [0.3, 0.4) is 0 Å². The predicted octanol–water partition coefficient (Wildman–Crippen LogP) is 5.24. The Labute approximate surface area is 218 Å². The third-order valence-corrected chi connectivity index (χ3v) is 5.81. The molecule has 1 aromatic heterocycles. The maximum Gasteiger partial charge on any atom is 0.243 e. The van der Waals surface area contributed by atoms with Crippen LogP contribution in [0, 0.1) is 0 Å². The molecule has 1 heterocycles. The molecule has 37 heavy (non-hydrogen) atoms. The first-order chi connectivity index (χ1) is 18.1. The lowest BCUT2D eigenvalue weighted by atomic mass is 9.96. The number of hydrogen-bond donors (Lipinski definition) is 1. The number of aryl methyl sites for hydroxylation is 1. The number of allylic oxidation sites excluding steroid dienone is 2. The second kappa shape index (κ2) is 14.3. The van der Waals surface area contributed by atoms with E-state index in [9.17, 15) is 4.79 Å². The maximum absolute atomic E-state index is 12.4. The van der Waals surface area contributed by atoms with Crippen molar-refractivity contribution in [3.05, 3.63) is 95.8 Å². The molecule has 2 aromatic carbocycles. The second-order valence-corrected chi connectivity index (χ2v) is 8.19. The van der Waals surface area contributed by atoms with E-state index >= 15 is 0 Å². The summed E-state index contributed by atoms with van der Waals surface area (Å²) < 4.78 is 21.8. The van der Waals surface area contributed by atoms with Crippen LogP contribution in [0.25, 0.3) is 5.57 Å². The number of methoxy groups -OCH3 is 4. The Bertz CT molecular complexity index is 1160. The highest BCUT2D eigenvalue weighted by Crippen LogP contribution is 2.36. The Morgan fingerprint density at radius 3 is 2.00 bits per heavy atom. The molecule has 0 saturated heterocycles. The van der Waals surface area contributed by atoms with E-state index in [1.165, 1.54) is 11.6 Å². The van der Waals surface area contributed by atoms with Crippen molar-refractivity contribution < 1.29 is 23.7 Å². The van der Waals surface area contributed by atoms with Crippen molar-refractivity contribution >= 4 is 11.5 Å². The summed E-state index contributed by atoms with van der Waals surface area (Å²) in [6, 6.07) is 15.4. The number of carbonyl (C=O) groups excluding carboxylic acids is 1. The average molecular weight is 503 g/mol. The van der Waals surface area contributed by atoms with Crippen molar-refractivity contribution in [1.29, 1.82) is 0 Å². The van der Waals surface area contributed by atoms with E-state index in [2.05, 4.69) is 16.4 Å². The average Bonchev–Trinajstić information content (AvgIpc) is 2.95. The van der Waals surface area contributed by atoms with Gasteiger partial charge in [0.15, 0.2) is 23.0 Å². The van der Waals surface area contributed by atoms with Gasteiger partial charge < -0.3 is 24.3 Å². The van der Waals surface area contributed by atoms with E-state index in [-0.39, 0.29) is 5.91 Å². The highest BCUT2D eigenvalue weighted by Gasteiger charge is 2.12. The normalized spacial score (nSPS) is 10.6. The van der Waals surface area contributed by atoms with Gasteiger partial charge in [0.25, 0.3) is 0 Å². The number of carbonyl (C=O) groups is 1. The molecule has 0 aliphatic carbocycles. The molecule has 0 aliphatic rings. The number of nitrogens with one attached hydrogen (secondary N) is 1. The molecule has 7 heteroatoms. The Morgan fingerprint density at radius 1 is 0.838 bits per heavy atom. The van der Waals surface area contributed by atoms with Gasteiger partial charge in [-0.2, -0.15) is 0 Å². The fourth-order valence-corrected chi connectivity index (χ4v) is 3.87. The number of amides is 1. The Hall–Kier alpha value is -4.26. The molecule has 0 bridgehead atoms. The molecule has 3 rings (SSSR count). The van der Waals surface area contributed by atoms with E-state index in [0.29, 0.717) is 29.5 Å². The van der Waals surface area contributed by atoms with E-state index in [4.69, 9.17) is 18.9 Å². The summed E-state index contributed by atoms with van der Waals surface area (Å²) in [4.78, 5) is 16.5. The third kappa shape index (κ3) is 7.87. The number of unbranched alkanes of at least 4 members (excludes halogenated alkanes) is 1. The van der Waals surface area contributed by atoms with Gasteiger partial charge in [0.2, 0.25) is 5.91 Å². The summed E-state index contributed by atoms with van der Waals surface area (Å²) in [5.41, 5.74) is 3.87. The lowest BCUT2D eigenvalue weighted by Crippen LogP contribution is -2.22. The molecule has 0 saturated carbocycles. The van der Waals surface area contributed by atoms with E-state index in [1.54, 1.807) is 40.7 Å². The first kappa shape index (κ1) is 27.3. The number of benzene rings is 2. The number of pyridine rings is 1. The molecule has 3 aromatic rings. The fourth-order valence-electron chi connectivity index (χ4n) is 3.87. The van der Waals surface area contributed by atoms with Crippen LogP contribution in [-0.2, 0) is 11.2 Å². The molecule has 0 atom stereocenters. The van der Waals surface area contributed by atoms with Gasteiger partial charge in [0.1, 0.15) is 0 Å². The minimum Gasteiger partial charge on any atom is -0.493 e. The fraction of sp³-hybridized carbons (Fsp3) is 0.267. The minimum atomic E-state index is -0.142. The van der Waals surface area contributed by atoms with E-state index in [1.807, 2.05) is 54.7 Å². The molecule has 0 unspecified atom stereocenters. The number of ether oxygens (including phenoxy) is 4. The smallest absolute Gasteiger partial charge is 0.243 e. The lowest BCUT2D eigenvalue weighted by molar-refractivity contribution is -0.116. The van der Waals surface area contributed by atoms with Crippen LogP contribution in [0.1, 0.15) is 29.5 Å². The predicted molar refractivity (Wildman–Crippen MR) is 145 cm³/mol. The van der Waals surface area contributed by atoms with Gasteiger partial charge >= 0.3 is 0 Å². The Balaban J connectivity index is 1.74. The zero-order valence-electron chi connectivity index (χ0n) is 21.8. The first-order valence-electron chi connectivity index (χ1n) is 12.1. The standard InChI is InChI=1S/C30H34N2O5/c1-34-26-15-13-23(19-28(26)36-3)25(24-14-16-27(35-2)29(20-24)37-4)11-7-12-30(33)32-18-6-5-9-22-10-8-17-31-21-22/h7-8,10-17,19-21H,5-6,9,18H2,1-4H3,(H,32,33). The summed E-state index contributed by atoms with van der Waals surface area (Å²) in [5.74, 6) is 2.35. The Morgan fingerprint density at radius 2 is 1.46 bits per heavy atom. The van der Waals surface area contributed by atoms with Gasteiger partial charge in [-0.3, -0.25) is 9.78 Å². The molecule has 0 fully saturated rings. The number of aromatic nitrogens is 1. The van der Waals surface area contributed by atoms with Crippen LogP contribution in [0.15, 0.2) is 79.2 Å². The minimum absolute atomic E-state index is 0.142. The molecular formula is C30H34N2O5. The van der Waals surface area contributed by atoms with E-state index < -0.39 is 0 Å². The van der Waals surface area contributed by atoms with Gasteiger partial charge in [-0.25, -0.2) is 0 Å². The van der Waals surface area contributed by atoms with Crippen LogP contribution >= 0.6 is 0 Å². The molecular weight excluding hydrogens is 468 g/mol. The van der Waals surface area contributed by atoms with E-state index in [0.717, 1.165) is 36.0 Å². The maximum atomic E-state index is 12.4. The summed E-state index contributed by atoms with van der Waals surface area (Å²) in [5, 5.41) is 2.95. The molecule has 7 nitrogen and oxygen atoms in total. The number of hydrogen-bond acceptors (Lipinski definition) is 6. The van der Waals surface area contributed by atoms with Crippen LogP contribution in [0.4, 0.5) is 0 Å². The topological polar surface area (TPSA) is 78.9 Å². The molecule has 0 radical (unpaired) electrons. The SMILES string of the molecule is COc1ccc(C(=CC=CC(=O)NCCCCc2cccnc2)c2ccc(OC)c(OC)c2)cc1OC.